The molecule has 1 heterocycles. The van der Waals surface area contributed by atoms with Crippen LogP contribution in [-0.4, -0.2) is 10.1 Å². The van der Waals surface area contributed by atoms with Crippen molar-refractivity contribution in [3.63, 3.8) is 0 Å². The molecule has 1 atom stereocenters. The lowest BCUT2D eigenvalue weighted by Gasteiger charge is -2.04. The Morgan fingerprint density at radius 2 is 2.11 bits per heavy atom. The first-order valence-electron chi connectivity index (χ1n) is 5.75. The summed E-state index contributed by atoms with van der Waals surface area (Å²) in [6.07, 6.45) is -2.96. The first-order valence-corrected chi connectivity index (χ1v) is 5.75. The SMILES string of the molecule is NC1CCc2cc(-c3noc(C(F)(F)F)n3)ccc21. The van der Waals surface area contributed by atoms with E-state index in [4.69, 9.17) is 5.73 Å². The fourth-order valence-corrected chi connectivity index (χ4v) is 2.25. The van der Waals surface area contributed by atoms with Gasteiger partial charge in [-0.25, -0.2) is 0 Å². The van der Waals surface area contributed by atoms with Crippen molar-refractivity contribution in [3.8, 4) is 11.4 Å². The summed E-state index contributed by atoms with van der Waals surface area (Å²) in [5, 5.41) is 3.36. The highest BCUT2D eigenvalue weighted by Crippen LogP contribution is 2.33. The molecule has 7 heteroatoms. The fraction of sp³-hybridized carbons (Fsp3) is 0.333. The number of benzene rings is 1. The van der Waals surface area contributed by atoms with Crippen LogP contribution < -0.4 is 5.73 Å². The topological polar surface area (TPSA) is 64.9 Å². The van der Waals surface area contributed by atoms with Gasteiger partial charge in [-0.1, -0.05) is 17.3 Å². The molecule has 0 saturated heterocycles. The number of rotatable bonds is 1. The maximum atomic E-state index is 12.4. The summed E-state index contributed by atoms with van der Waals surface area (Å²) < 4.78 is 41.3. The van der Waals surface area contributed by atoms with Gasteiger partial charge in [-0.3, -0.25) is 0 Å². The van der Waals surface area contributed by atoms with Gasteiger partial charge in [-0.05, 0) is 30.0 Å². The van der Waals surface area contributed by atoms with Crippen LogP contribution in [0.3, 0.4) is 0 Å². The van der Waals surface area contributed by atoms with Gasteiger partial charge in [0.1, 0.15) is 0 Å². The van der Waals surface area contributed by atoms with Gasteiger partial charge >= 0.3 is 12.1 Å². The zero-order chi connectivity index (χ0) is 13.6. The van der Waals surface area contributed by atoms with Crippen LogP contribution in [0.5, 0.6) is 0 Å². The molecule has 2 aromatic rings. The van der Waals surface area contributed by atoms with E-state index in [1.54, 1.807) is 12.1 Å². The lowest BCUT2D eigenvalue weighted by molar-refractivity contribution is -0.159. The molecule has 4 nitrogen and oxygen atoms in total. The summed E-state index contributed by atoms with van der Waals surface area (Å²) in [4.78, 5) is 3.36. The van der Waals surface area contributed by atoms with Crippen LogP contribution in [0.15, 0.2) is 22.7 Å². The normalized spacial score (nSPS) is 18.6. The van der Waals surface area contributed by atoms with E-state index in [1.807, 2.05) is 6.07 Å². The Kier molecular flexibility index (Phi) is 2.60. The van der Waals surface area contributed by atoms with Crippen molar-refractivity contribution < 1.29 is 17.7 Å². The molecular formula is C12H10F3N3O. The minimum atomic E-state index is -4.62. The highest BCUT2D eigenvalue weighted by molar-refractivity contribution is 5.58. The largest absolute Gasteiger partial charge is 0.471 e. The predicted molar refractivity (Wildman–Crippen MR) is 60.0 cm³/mol. The number of hydrogen-bond donors (Lipinski definition) is 1. The molecule has 100 valence electrons. The summed E-state index contributed by atoms with van der Waals surface area (Å²) in [6, 6.07) is 5.24. The number of hydrogen-bond acceptors (Lipinski definition) is 4. The van der Waals surface area contributed by atoms with Crippen LogP contribution in [0, 0.1) is 0 Å². The molecule has 0 spiro atoms. The first kappa shape index (κ1) is 12.2. The Morgan fingerprint density at radius 3 is 2.79 bits per heavy atom. The number of aryl methyl sites for hydroxylation is 1. The molecule has 1 aliphatic rings. The summed E-state index contributed by atoms with van der Waals surface area (Å²) in [6.45, 7) is 0. The van der Waals surface area contributed by atoms with Gasteiger partial charge < -0.3 is 10.3 Å². The Balaban J connectivity index is 1.97. The first-order chi connectivity index (χ1) is 8.95. The Hall–Kier alpha value is -1.89. The lowest BCUT2D eigenvalue weighted by atomic mass is 10.0. The van der Waals surface area contributed by atoms with Crippen LogP contribution in [-0.2, 0) is 12.6 Å². The lowest BCUT2D eigenvalue weighted by Crippen LogP contribution is -2.05. The third kappa shape index (κ3) is 2.10. The molecule has 0 bridgehead atoms. The highest BCUT2D eigenvalue weighted by Gasteiger charge is 2.38. The second kappa shape index (κ2) is 4.06. The summed E-state index contributed by atoms with van der Waals surface area (Å²) in [7, 11) is 0. The molecule has 19 heavy (non-hydrogen) atoms. The zero-order valence-corrected chi connectivity index (χ0v) is 9.74. The van der Waals surface area contributed by atoms with Crippen LogP contribution in [0.1, 0.15) is 29.5 Å². The number of fused-ring (bicyclic) bond motifs is 1. The molecule has 1 unspecified atom stereocenters. The molecule has 1 aromatic heterocycles. The smallest absolute Gasteiger partial charge is 0.329 e. The number of nitrogens with zero attached hydrogens (tertiary/aromatic N) is 2. The number of alkyl halides is 3. The summed E-state index contributed by atoms with van der Waals surface area (Å²) in [5.74, 6) is -1.39. The van der Waals surface area contributed by atoms with Crippen LogP contribution >= 0.6 is 0 Å². The van der Waals surface area contributed by atoms with Crippen molar-refractivity contribution >= 4 is 0 Å². The third-order valence-corrected chi connectivity index (χ3v) is 3.19. The van der Waals surface area contributed by atoms with Crippen molar-refractivity contribution in [2.24, 2.45) is 5.73 Å². The van der Waals surface area contributed by atoms with E-state index in [1.165, 1.54) is 0 Å². The van der Waals surface area contributed by atoms with E-state index in [9.17, 15) is 13.2 Å². The van der Waals surface area contributed by atoms with E-state index in [2.05, 4.69) is 14.7 Å². The Bertz CT molecular complexity index is 621. The average Bonchev–Trinajstić information content (AvgIpc) is 2.95. The van der Waals surface area contributed by atoms with Crippen LogP contribution in [0.4, 0.5) is 13.2 Å². The molecule has 0 saturated carbocycles. The summed E-state index contributed by atoms with van der Waals surface area (Å²) >= 11 is 0. The molecule has 3 rings (SSSR count). The minimum Gasteiger partial charge on any atom is -0.329 e. The van der Waals surface area contributed by atoms with Gasteiger partial charge in [0.05, 0.1) is 0 Å². The van der Waals surface area contributed by atoms with Gasteiger partial charge in [-0.15, -0.1) is 0 Å². The quantitative estimate of drug-likeness (QED) is 0.864. The van der Waals surface area contributed by atoms with Crippen LogP contribution in [0.2, 0.25) is 0 Å². The maximum Gasteiger partial charge on any atom is 0.471 e. The van der Waals surface area contributed by atoms with Gasteiger partial charge in [0.2, 0.25) is 5.82 Å². The van der Waals surface area contributed by atoms with Crippen molar-refractivity contribution in [1.29, 1.82) is 0 Å². The molecular weight excluding hydrogens is 259 g/mol. The number of aromatic nitrogens is 2. The molecule has 1 aliphatic carbocycles. The minimum absolute atomic E-state index is 0.0000502. The van der Waals surface area contributed by atoms with E-state index in [0.717, 1.165) is 24.0 Å². The van der Waals surface area contributed by atoms with E-state index in [0.29, 0.717) is 5.56 Å². The van der Waals surface area contributed by atoms with E-state index >= 15 is 0 Å². The molecule has 0 fully saturated rings. The number of halogens is 3. The molecule has 1 aromatic carbocycles. The highest BCUT2D eigenvalue weighted by atomic mass is 19.4. The van der Waals surface area contributed by atoms with Gasteiger partial charge in [0.15, 0.2) is 0 Å². The zero-order valence-electron chi connectivity index (χ0n) is 9.74. The van der Waals surface area contributed by atoms with Crippen molar-refractivity contribution in [2.45, 2.75) is 25.1 Å². The molecule has 0 aliphatic heterocycles. The second-order valence-electron chi connectivity index (χ2n) is 4.48. The third-order valence-electron chi connectivity index (χ3n) is 3.19. The fourth-order valence-electron chi connectivity index (χ4n) is 2.25. The maximum absolute atomic E-state index is 12.4. The second-order valence-corrected chi connectivity index (χ2v) is 4.48. The number of nitrogens with two attached hydrogens (primary N) is 1. The van der Waals surface area contributed by atoms with Crippen molar-refractivity contribution in [2.75, 3.05) is 0 Å². The van der Waals surface area contributed by atoms with Crippen molar-refractivity contribution in [3.05, 3.63) is 35.2 Å². The predicted octanol–water partition coefficient (Wildman–Crippen LogP) is 2.70. The molecule has 0 radical (unpaired) electrons. The van der Waals surface area contributed by atoms with Gasteiger partial charge in [-0.2, -0.15) is 18.2 Å². The Morgan fingerprint density at radius 1 is 1.32 bits per heavy atom. The van der Waals surface area contributed by atoms with E-state index < -0.39 is 12.1 Å². The molecule has 2 N–H and O–H groups in total. The standard InChI is InChI=1S/C12H10F3N3O/c13-12(14,15)11-17-10(18-19-11)7-1-3-8-6(5-7)2-4-9(8)16/h1,3,5,9H,2,4,16H2. The monoisotopic (exact) mass is 269 g/mol. The van der Waals surface area contributed by atoms with Gasteiger partial charge in [0.25, 0.3) is 0 Å². The molecule has 0 amide bonds. The van der Waals surface area contributed by atoms with E-state index in [-0.39, 0.29) is 11.9 Å². The van der Waals surface area contributed by atoms with Crippen molar-refractivity contribution in [1.82, 2.24) is 10.1 Å². The van der Waals surface area contributed by atoms with Crippen LogP contribution in [0.25, 0.3) is 11.4 Å². The van der Waals surface area contributed by atoms with Gasteiger partial charge in [0, 0.05) is 11.6 Å². The summed E-state index contributed by atoms with van der Waals surface area (Å²) in [5.41, 5.74) is 8.47. The average molecular weight is 269 g/mol. The Labute approximate surface area is 106 Å².